The molecule has 7 aliphatic rings. The van der Waals surface area contributed by atoms with Gasteiger partial charge in [0, 0.05) is 64.0 Å². The van der Waals surface area contributed by atoms with Crippen LogP contribution < -0.4 is 78.6 Å². The van der Waals surface area contributed by atoms with E-state index in [0.717, 1.165) is 66.7 Å². The minimum atomic E-state index is -2.39. The van der Waals surface area contributed by atoms with Crippen molar-refractivity contribution in [3.05, 3.63) is 175 Å². The number of aliphatic hydroxyl groups is 7. The van der Waals surface area contributed by atoms with Gasteiger partial charge in [0.2, 0.25) is 53.4 Å². The predicted octanol–water partition coefficient (Wildman–Crippen LogP) is 2.42. The second-order valence-corrected chi connectivity index (χ2v) is 32.2. The molecule has 1 aromatic heterocycles. The molecule has 7 aromatic rings. The van der Waals surface area contributed by atoms with Crippen molar-refractivity contribution in [1.82, 2.24) is 58.4 Å². The Kier molecular flexibility index (Phi) is 28.9. The number of halogens is 4. The number of ether oxygens (including phenoxy) is 6. The van der Waals surface area contributed by atoms with E-state index in [-0.39, 0.29) is 75.6 Å². The number of hydrazine groups is 1. The van der Waals surface area contributed by atoms with Crippen molar-refractivity contribution in [2.75, 3.05) is 32.1 Å². The van der Waals surface area contributed by atoms with Crippen LogP contribution in [0.2, 0.25) is 20.1 Å². The maximum Gasteiger partial charge on any atom is 0.261 e. The Morgan fingerprint density at radius 3 is 1.97 bits per heavy atom. The number of nitrogens with two attached hydrogens (primary N) is 1. The summed E-state index contributed by atoms with van der Waals surface area (Å²) >= 11 is 26.7. The van der Waals surface area contributed by atoms with Crippen molar-refractivity contribution in [2.45, 2.75) is 163 Å². The summed E-state index contributed by atoms with van der Waals surface area (Å²) in [6, 6.07) is 5.46. The van der Waals surface area contributed by atoms with Crippen molar-refractivity contribution in [1.29, 1.82) is 0 Å². The number of hydrogen-bond donors (Lipinski definition) is 22. The topological polar surface area (TPSA) is 583 Å². The van der Waals surface area contributed by atoms with Crippen LogP contribution in [0.25, 0.3) is 11.1 Å². The molecule has 0 radical (unpaired) electrons. The Morgan fingerprint density at radius 2 is 1.33 bits per heavy atom. The minimum absolute atomic E-state index is 0.0204. The number of aliphatic hydroxyl groups excluding tert-OH is 7. The summed E-state index contributed by atoms with van der Waals surface area (Å²) in [7, 11) is 1.47. The van der Waals surface area contributed by atoms with Gasteiger partial charge in [-0.05, 0) is 145 Å². The number of carbonyl (C=O) groups excluding carboxylic acids is 9. The summed E-state index contributed by atoms with van der Waals surface area (Å²) in [4.78, 5) is 138. The van der Waals surface area contributed by atoms with Gasteiger partial charge in [-0.25, -0.2) is 5.43 Å². The monoisotopic (exact) mass is 1780 g/mol. The van der Waals surface area contributed by atoms with Gasteiger partial charge in [-0.3, -0.25) is 53.6 Å². The molecule has 7 aliphatic heterocycles. The van der Waals surface area contributed by atoms with Crippen LogP contribution in [0.15, 0.2) is 116 Å². The average Bonchev–Trinajstić information content (AvgIpc) is 0.765. The van der Waals surface area contributed by atoms with Crippen LogP contribution in [0.1, 0.15) is 121 Å². The second kappa shape index (κ2) is 38.9. The number of anilines is 1. The number of phenolic OH excluding ortho intramolecular Hbond substituents is 3. The number of carbonyl (C=O) groups is 9. The highest BCUT2D eigenvalue weighted by Gasteiger charge is 2.52. The lowest BCUT2D eigenvalue weighted by atomic mass is 9.84. The highest BCUT2D eigenvalue weighted by atomic mass is 35.5. The molecule has 11 bridgehead atoms. The van der Waals surface area contributed by atoms with Crippen molar-refractivity contribution in [3.63, 3.8) is 0 Å². The first-order valence-electron chi connectivity index (χ1n) is 38.5. The molecule has 0 aliphatic carbocycles. The highest BCUT2D eigenvalue weighted by molar-refractivity contribution is 6.35. The van der Waals surface area contributed by atoms with Gasteiger partial charge in [0.1, 0.15) is 95.5 Å². The molecule has 2 saturated heterocycles. The van der Waals surface area contributed by atoms with Gasteiger partial charge >= 0.3 is 0 Å². The van der Waals surface area contributed by atoms with Gasteiger partial charge in [0.25, 0.3) is 11.8 Å². The number of amides is 9. The summed E-state index contributed by atoms with van der Waals surface area (Å²) in [5, 5.41) is 140. The number of phenols is 3. The quantitative estimate of drug-likeness (QED) is 0.0363. The molecule has 2 unspecified atom stereocenters. The lowest BCUT2D eigenvalue weighted by Gasteiger charge is -2.48. The number of benzene rings is 6. The van der Waals surface area contributed by atoms with E-state index in [4.69, 9.17) is 80.6 Å². The Morgan fingerprint density at radius 1 is 0.691 bits per heavy atom. The van der Waals surface area contributed by atoms with Gasteiger partial charge in [0.15, 0.2) is 23.9 Å². The number of pyridine rings is 1. The molecule has 123 heavy (non-hydrogen) atoms. The van der Waals surface area contributed by atoms with E-state index in [9.17, 15) is 70.2 Å². The third-order valence-corrected chi connectivity index (χ3v) is 22.1. The van der Waals surface area contributed by atoms with E-state index >= 15 is 24.0 Å². The van der Waals surface area contributed by atoms with Crippen LogP contribution in [0.3, 0.4) is 0 Å². The summed E-state index contributed by atoms with van der Waals surface area (Å²) in [5.41, 5.74) is 7.39. The Hall–Kier alpha value is -10.9. The summed E-state index contributed by atoms with van der Waals surface area (Å²) < 4.78 is 39.5. The molecule has 42 heteroatoms. The average molecular weight is 1790 g/mol. The number of primary amides is 1. The molecule has 2 fully saturated rings. The van der Waals surface area contributed by atoms with Gasteiger partial charge < -0.3 is 133 Å². The van der Waals surface area contributed by atoms with Crippen LogP contribution in [0.5, 0.6) is 46.0 Å². The van der Waals surface area contributed by atoms with Gasteiger partial charge in [0.05, 0.1) is 59.8 Å². The second-order valence-electron chi connectivity index (χ2n) is 30.5. The first-order chi connectivity index (χ1) is 58.4. The molecule has 0 spiro atoms. The van der Waals surface area contributed by atoms with E-state index in [1.54, 1.807) is 13.0 Å². The lowest BCUT2D eigenvalue weighted by molar-refractivity contribution is -0.334. The molecular weight excluding hydrogens is 1700 g/mol. The third kappa shape index (κ3) is 20.8. The zero-order valence-corrected chi connectivity index (χ0v) is 69.0. The predicted molar refractivity (Wildman–Crippen MR) is 436 cm³/mol. The molecule has 8 heterocycles. The van der Waals surface area contributed by atoms with Crippen LogP contribution >= 0.6 is 46.4 Å². The Bertz CT molecular complexity index is 5200. The van der Waals surface area contributed by atoms with E-state index in [0.29, 0.717) is 5.56 Å². The molecule has 18 atom stereocenters. The summed E-state index contributed by atoms with van der Waals surface area (Å²) in [5.74, 6) is -16.0. The Balaban J connectivity index is 1.03. The van der Waals surface area contributed by atoms with Crippen molar-refractivity contribution < 1.29 is 123 Å². The van der Waals surface area contributed by atoms with Crippen LogP contribution in [-0.4, -0.2) is 215 Å². The molecule has 9 amide bonds. The van der Waals surface area contributed by atoms with Crippen LogP contribution in [0, 0.1) is 5.92 Å². The standard InChI is InChI=1S/C81H89Cl4N13O25/c1-32(2)14-48(87-5)73(111)96-63-65(105)36-7-10-52(46(84)19-36)119-54-21-38-22-55(69(54)123-80-70(68(108)67(107)56(31-100)121-80)122-58-27-81(4,71(109)33(3)118-58)89-29-34-15-42(30-88-28-34)91-72(110)39-16-40(82)23-41(83)17-39)120-53-11-8-37(20-47(53)85)66(106)64-78(116)95-62(79(117)98-90-12-13-99)45-24-43(101)25-51(103)59(45)44-18-35(6-9-50(44)102)60(75(113)97-64)94-76(114)61(38)93-74(112)49(26-57(86)104)92-77(63)115/h6-11,15-25,28,30,32-33,48-49,56,58,60-68,70-71,80,87,89-90,99-103,105-109H,12-14,26-27,29,31H2,1-5H3,(H2,86,104)(H,91,110)(H,92,115)(H,93,112)(H,94,114)(H,95,116)(H,96,111)(H,97,113)(H,98,117)/t33-,48+,49-,56+,58-,60?,61+,62+,63+,64-,65+,66+,67+,68-,70?,71+,80-,81-/m0/s1. The highest BCUT2D eigenvalue weighted by Crippen LogP contribution is 2.50. The fourth-order valence-corrected chi connectivity index (χ4v) is 15.8. The van der Waals surface area contributed by atoms with Crippen molar-refractivity contribution in [2.24, 2.45) is 11.7 Å². The molecule has 38 nitrogen and oxygen atoms in total. The normalized spacial score (nSPS) is 26.2. The fraction of sp³-hybridized carbons (Fsp3) is 0.383. The molecule has 23 N–H and O–H groups in total. The fourth-order valence-electron chi connectivity index (χ4n) is 14.8. The number of nitrogens with zero attached hydrogens (tertiary/aromatic N) is 1. The zero-order valence-electron chi connectivity index (χ0n) is 65.9. The number of hydrogen-bond acceptors (Lipinski definition) is 29. The number of aromatic nitrogens is 1. The van der Waals surface area contributed by atoms with E-state index < -0.39 is 255 Å². The number of aromatic hydroxyl groups is 3. The number of fused-ring (bicyclic) bond motifs is 15. The van der Waals surface area contributed by atoms with Gasteiger partial charge in [-0.15, -0.1) is 0 Å². The summed E-state index contributed by atoms with van der Waals surface area (Å²) in [6.07, 6.45) is -16.5. The Labute approximate surface area is 720 Å². The van der Waals surface area contributed by atoms with Gasteiger partial charge in [-0.2, -0.15) is 0 Å². The van der Waals surface area contributed by atoms with Gasteiger partial charge in [-0.1, -0.05) is 78.5 Å². The summed E-state index contributed by atoms with van der Waals surface area (Å²) in [6.45, 7) is 4.94. The van der Waals surface area contributed by atoms with E-state index in [1.165, 1.54) is 56.7 Å². The van der Waals surface area contributed by atoms with Crippen LogP contribution in [-0.2, 0) is 59.1 Å². The molecule has 14 rings (SSSR count). The minimum Gasteiger partial charge on any atom is -0.508 e. The van der Waals surface area contributed by atoms with E-state index in [1.807, 2.05) is 13.8 Å². The number of rotatable bonds is 21. The number of nitrogens with one attached hydrogen (secondary N) is 11. The van der Waals surface area contributed by atoms with Crippen molar-refractivity contribution >= 4 is 105 Å². The van der Waals surface area contributed by atoms with Crippen LogP contribution in [0.4, 0.5) is 5.69 Å². The van der Waals surface area contributed by atoms with E-state index in [2.05, 4.69) is 63.7 Å². The molecule has 0 saturated carbocycles. The maximum atomic E-state index is 16.3. The lowest BCUT2D eigenvalue weighted by Crippen LogP contribution is -2.65. The molecule has 6 aromatic carbocycles. The van der Waals surface area contributed by atoms with Crippen molar-refractivity contribution in [3.8, 4) is 57.1 Å². The first kappa shape index (κ1) is 91.3. The molecular formula is C81H89Cl4N13O25. The smallest absolute Gasteiger partial charge is 0.261 e. The largest absolute Gasteiger partial charge is 0.508 e. The zero-order chi connectivity index (χ0) is 88.9. The third-order valence-electron chi connectivity index (χ3n) is 21.1. The first-order valence-corrected chi connectivity index (χ1v) is 40.0. The molecule has 656 valence electrons. The number of likely N-dealkylation sites (N-methyl/N-ethyl adjacent to an activating group) is 1. The SMILES string of the molecule is CN[C@H](CC(C)C)C(=O)N[C@H]1C(=O)N[C@@H](CC(N)=O)C(=O)N[C@H]2C(=O)NC3C(=O)N[C@H](C(=O)N[C@@H](C(=O)NNCCO)c4cc(O)cc(O)c4-c4cc3ccc4O)[C@H](O)c3ccc(c(Cl)c3)Oc3cc2cc(c3O[C@@H]2O[C@H](CO)[C@@H](O)[C@H](O)C2O[C@H]2C[C@](C)(NCc3cncc(NC(=O)c4cc(Cl)cc(Cl)c4)c3)[C@H](O)[C@H](C)O2)Oc2ccc(cc2Cl)[C@H]1O. The maximum absolute atomic E-state index is 16.3.